The van der Waals surface area contributed by atoms with E-state index in [0.717, 1.165) is 41.8 Å². The number of sulfonamides is 1. The van der Waals surface area contributed by atoms with E-state index in [0.29, 0.717) is 11.4 Å². The van der Waals surface area contributed by atoms with Gasteiger partial charge in [0.15, 0.2) is 0 Å². The fourth-order valence-corrected chi connectivity index (χ4v) is 4.90. The summed E-state index contributed by atoms with van der Waals surface area (Å²) in [6, 6.07) is 14.1. The highest BCUT2D eigenvalue weighted by Gasteiger charge is 2.27. The molecule has 1 heterocycles. The molecule has 1 aliphatic heterocycles. The van der Waals surface area contributed by atoms with Crippen molar-refractivity contribution >= 4 is 15.7 Å². The van der Waals surface area contributed by atoms with Crippen LogP contribution in [0.25, 0.3) is 0 Å². The van der Waals surface area contributed by atoms with Crippen molar-refractivity contribution in [2.45, 2.75) is 44.6 Å². The maximum absolute atomic E-state index is 12.8. The molecule has 5 heteroatoms. The lowest BCUT2D eigenvalue weighted by Gasteiger charge is -2.27. The van der Waals surface area contributed by atoms with Crippen molar-refractivity contribution in [2.75, 3.05) is 18.0 Å². The van der Waals surface area contributed by atoms with E-state index < -0.39 is 10.0 Å². The zero-order valence-corrected chi connectivity index (χ0v) is 15.9. The molecule has 0 saturated carbocycles. The summed E-state index contributed by atoms with van der Waals surface area (Å²) in [4.78, 5) is 2.69. The molecule has 0 radical (unpaired) electrons. The van der Waals surface area contributed by atoms with Crippen LogP contribution >= 0.6 is 0 Å². The van der Waals surface area contributed by atoms with E-state index in [1.54, 1.807) is 6.07 Å². The first kappa shape index (κ1) is 18.0. The van der Waals surface area contributed by atoms with Crippen LogP contribution < -0.4 is 9.62 Å². The lowest BCUT2D eigenvalue weighted by atomic mass is 10.1. The fourth-order valence-electron chi connectivity index (χ4n) is 3.51. The topological polar surface area (TPSA) is 49.4 Å². The summed E-state index contributed by atoms with van der Waals surface area (Å²) in [5.41, 5.74) is 4.06. The van der Waals surface area contributed by atoms with E-state index in [1.165, 1.54) is 0 Å². The number of rotatable bonds is 5. The third kappa shape index (κ3) is 3.88. The van der Waals surface area contributed by atoms with Gasteiger partial charge < -0.3 is 4.90 Å². The number of anilines is 1. The molecule has 1 aliphatic rings. The van der Waals surface area contributed by atoms with E-state index >= 15 is 0 Å². The molecule has 4 nitrogen and oxygen atoms in total. The van der Waals surface area contributed by atoms with Gasteiger partial charge in [-0.2, -0.15) is 0 Å². The van der Waals surface area contributed by atoms with Gasteiger partial charge in [0, 0.05) is 24.8 Å². The minimum Gasteiger partial charge on any atom is -0.367 e. The average molecular weight is 359 g/mol. The maximum Gasteiger partial charge on any atom is 0.240 e. The molecule has 25 heavy (non-hydrogen) atoms. The summed E-state index contributed by atoms with van der Waals surface area (Å²) in [5.74, 6) is 0. The molecule has 1 atom stereocenters. The Balaban J connectivity index is 1.75. The van der Waals surface area contributed by atoms with Crippen molar-refractivity contribution in [2.24, 2.45) is 0 Å². The smallest absolute Gasteiger partial charge is 0.240 e. The highest BCUT2D eigenvalue weighted by atomic mass is 32.2. The van der Waals surface area contributed by atoms with Crippen LogP contribution in [0.3, 0.4) is 0 Å². The first-order valence-electron chi connectivity index (χ1n) is 8.78. The van der Waals surface area contributed by atoms with Crippen molar-refractivity contribution in [3.05, 3.63) is 59.2 Å². The minimum absolute atomic E-state index is 0.198. The number of benzene rings is 2. The zero-order chi connectivity index (χ0) is 18.0. The molecule has 0 aliphatic carbocycles. The quantitative estimate of drug-likeness (QED) is 0.889. The molecule has 1 N–H and O–H groups in total. The average Bonchev–Trinajstić information content (AvgIpc) is 3.06. The van der Waals surface area contributed by atoms with Crippen LogP contribution in [0.5, 0.6) is 0 Å². The molecule has 0 aromatic heterocycles. The highest BCUT2D eigenvalue weighted by molar-refractivity contribution is 7.89. The van der Waals surface area contributed by atoms with Gasteiger partial charge in [-0.3, -0.25) is 0 Å². The third-order valence-electron chi connectivity index (χ3n) is 5.05. The Morgan fingerprint density at radius 3 is 2.44 bits per heavy atom. The molecule has 1 unspecified atom stereocenters. The van der Waals surface area contributed by atoms with Gasteiger partial charge in [-0.25, -0.2) is 13.1 Å². The summed E-state index contributed by atoms with van der Waals surface area (Å²) in [6.45, 7) is 7.21. The van der Waals surface area contributed by atoms with Crippen LogP contribution in [-0.2, 0) is 10.0 Å². The van der Waals surface area contributed by atoms with E-state index in [2.05, 4.69) is 21.8 Å². The van der Waals surface area contributed by atoms with Crippen LogP contribution in [0.2, 0.25) is 0 Å². The summed E-state index contributed by atoms with van der Waals surface area (Å²) < 4.78 is 28.4. The number of para-hydroxylation sites is 1. The molecule has 134 valence electrons. The third-order valence-corrected chi connectivity index (χ3v) is 6.62. The highest BCUT2D eigenvalue weighted by Crippen LogP contribution is 2.25. The second-order valence-corrected chi connectivity index (χ2v) is 8.61. The number of nitrogens with one attached hydrogen (secondary N) is 1. The van der Waals surface area contributed by atoms with Crippen molar-refractivity contribution in [1.29, 1.82) is 0 Å². The van der Waals surface area contributed by atoms with Crippen LogP contribution in [0.4, 0.5) is 5.69 Å². The van der Waals surface area contributed by atoms with Gasteiger partial charge in [0.2, 0.25) is 10.0 Å². The lowest BCUT2D eigenvalue weighted by Crippen LogP contribution is -2.40. The molecule has 0 amide bonds. The van der Waals surface area contributed by atoms with E-state index in [4.69, 9.17) is 0 Å². The van der Waals surface area contributed by atoms with Gasteiger partial charge in [0.05, 0.1) is 4.90 Å². The number of hydrogen-bond donors (Lipinski definition) is 1. The van der Waals surface area contributed by atoms with Crippen LogP contribution in [0, 0.1) is 20.8 Å². The fraction of sp³-hybridized carbons (Fsp3) is 0.400. The van der Waals surface area contributed by atoms with Crippen molar-refractivity contribution in [3.8, 4) is 0 Å². The second kappa shape index (κ2) is 7.18. The molecule has 1 fully saturated rings. The first-order chi connectivity index (χ1) is 11.9. The van der Waals surface area contributed by atoms with E-state index in [-0.39, 0.29) is 6.04 Å². The van der Waals surface area contributed by atoms with Crippen LogP contribution in [0.1, 0.15) is 29.5 Å². The Morgan fingerprint density at radius 1 is 1.04 bits per heavy atom. The predicted octanol–water partition coefficient (Wildman–Crippen LogP) is 3.56. The minimum atomic E-state index is -3.50. The Kier molecular flexibility index (Phi) is 5.16. The largest absolute Gasteiger partial charge is 0.367 e. The summed E-state index contributed by atoms with van der Waals surface area (Å²) in [6.07, 6.45) is 2.09. The van der Waals surface area contributed by atoms with Gasteiger partial charge in [0.1, 0.15) is 0 Å². The van der Waals surface area contributed by atoms with Crippen LogP contribution in [-0.4, -0.2) is 27.5 Å². The second-order valence-electron chi connectivity index (χ2n) is 6.88. The summed E-state index contributed by atoms with van der Waals surface area (Å²) in [5, 5.41) is 0. The van der Waals surface area contributed by atoms with Crippen molar-refractivity contribution < 1.29 is 8.42 Å². The van der Waals surface area contributed by atoms with Gasteiger partial charge in [-0.05, 0) is 68.5 Å². The van der Waals surface area contributed by atoms with E-state index in [1.807, 2.05) is 45.0 Å². The SMILES string of the molecule is Cc1cc(C)c(S(=O)(=O)NCC2CCCN2c2ccccc2)cc1C. The monoisotopic (exact) mass is 358 g/mol. The molecule has 3 rings (SSSR count). The maximum atomic E-state index is 12.8. The number of hydrogen-bond acceptors (Lipinski definition) is 3. The Bertz CT molecular complexity index is 847. The van der Waals surface area contributed by atoms with Crippen LogP contribution in [0.15, 0.2) is 47.4 Å². The van der Waals surface area contributed by atoms with Crippen molar-refractivity contribution in [1.82, 2.24) is 4.72 Å². The van der Waals surface area contributed by atoms with Crippen molar-refractivity contribution in [3.63, 3.8) is 0 Å². The normalized spacial score (nSPS) is 17.9. The molecule has 2 aromatic carbocycles. The Labute approximate surface area is 150 Å². The standard InChI is InChI=1S/C20H26N2O2S/c1-15-12-17(3)20(13-16(15)2)25(23,24)21-14-19-10-7-11-22(19)18-8-5-4-6-9-18/h4-6,8-9,12-13,19,21H,7,10-11,14H2,1-3H3. The van der Waals surface area contributed by atoms with Gasteiger partial charge in [-0.15, -0.1) is 0 Å². The molecule has 2 aromatic rings. The molecular formula is C20H26N2O2S. The molecule has 1 saturated heterocycles. The van der Waals surface area contributed by atoms with Gasteiger partial charge in [0.25, 0.3) is 0 Å². The lowest BCUT2D eigenvalue weighted by molar-refractivity contribution is 0.566. The van der Waals surface area contributed by atoms with Gasteiger partial charge >= 0.3 is 0 Å². The Morgan fingerprint density at radius 2 is 1.72 bits per heavy atom. The molecule has 0 bridgehead atoms. The summed E-state index contributed by atoms with van der Waals surface area (Å²) in [7, 11) is -3.50. The first-order valence-corrected chi connectivity index (χ1v) is 10.3. The predicted molar refractivity (Wildman–Crippen MR) is 103 cm³/mol. The Hall–Kier alpha value is -1.85. The van der Waals surface area contributed by atoms with Gasteiger partial charge in [-0.1, -0.05) is 24.3 Å². The molecule has 0 spiro atoms. The number of nitrogens with zero attached hydrogens (tertiary/aromatic N) is 1. The van der Waals surface area contributed by atoms with E-state index in [9.17, 15) is 8.42 Å². The zero-order valence-electron chi connectivity index (χ0n) is 15.1. The summed E-state index contributed by atoms with van der Waals surface area (Å²) >= 11 is 0. The number of aryl methyl sites for hydroxylation is 3. The molecular weight excluding hydrogens is 332 g/mol.